The van der Waals surface area contributed by atoms with Gasteiger partial charge in [0.1, 0.15) is 11.9 Å². The van der Waals surface area contributed by atoms with Gasteiger partial charge in [-0.25, -0.2) is 0 Å². The van der Waals surface area contributed by atoms with E-state index < -0.39 is 0 Å². The summed E-state index contributed by atoms with van der Waals surface area (Å²) in [6.45, 7) is 0.352. The Kier molecular flexibility index (Phi) is 5.11. The van der Waals surface area contributed by atoms with Crippen molar-refractivity contribution in [2.75, 3.05) is 6.54 Å². The first kappa shape index (κ1) is 14.7. The third-order valence-electron chi connectivity index (χ3n) is 2.62. The molecule has 0 amide bonds. The second-order valence-electron chi connectivity index (χ2n) is 3.97. The Morgan fingerprint density at radius 3 is 2.42 bits per heavy atom. The summed E-state index contributed by atoms with van der Waals surface area (Å²) < 4.78 is 6.77. The van der Waals surface area contributed by atoms with Crippen LogP contribution in [0.4, 0.5) is 0 Å². The maximum atomic E-state index is 6.10. The van der Waals surface area contributed by atoms with Crippen LogP contribution in [-0.2, 0) is 0 Å². The topological polar surface area (TPSA) is 35.2 Å². The van der Waals surface area contributed by atoms with Gasteiger partial charge in [0.2, 0.25) is 0 Å². The van der Waals surface area contributed by atoms with Crippen LogP contribution in [0.15, 0.2) is 46.9 Å². The van der Waals surface area contributed by atoms with Gasteiger partial charge in [0, 0.05) is 16.0 Å². The van der Waals surface area contributed by atoms with Crippen LogP contribution >= 0.6 is 39.1 Å². The minimum absolute atomic E-state index is 0.260. The number of ether oxygens (including phenoxy) is 1. The first-order valence-corrected chi connectivity index (χ1v) is 7.22. The summed E-state index contributed by atoms with van der Waals surface area (Å²) in [4.78, 5) is 0. The summed E-state index contributed by atoms with van der Waals surface area (Å²) in [6, 6.07) is 12.9. The molecule has 0 radical (unpaired) electrons. The molecule has 2 aromatic carbocycles. The van der Waals surface area contributed by atoms with Crippen molar-refractivity contribution >= 4 is 39.1 Å². The Labute approximate surface area is 130 Å². The van der Waals surface area contributed by atoms with Crippen molar-refractivity contribution < 1.29 is 4.74 Å². The first-order chi connectivity index (χ1) is 9.10. The molecule has 0 aliphatic heterocycles. The zero-order valence-electron chi connectivity index (χ0n) is 9.95. The molecule has 100 valence electrons. The second kappa shape index (κ2) is 6.62. The van der Waals surface area contributed by atoms with Crippen molar-refractivity contribution in [2.24, 2.45) is 5.73 Å². The third kappa shape index (κ3) is 3.86. The van der Waals surface area contributed by atoms with Crippen molar-refractivity contribution in [3.05, 3.63) is 62.5 Å². The van der Waals surface area contributed by atoms with Crippen LogP contribution in [0.2, 0.25) is 10.0 Å². The van der Waals surface area contributed by atoms with E-state index in [1.165, 1.54) is 0 Å². The van der Waals surface area contributed by atoms with E-state index in [1.807, 2.05) is 36.4 Å². The lowest BCUT2D eigenvalue weighted by molar-refractivity contribution is 0.214. The molecule has 0 fully saturated rings. The normalized spacial score (nSPS) is 12.2. The molecule has 1 unspecified atom stereocenters. The van der Waals surface area contributed by atoms with E-state index in [2.05, 4.69) is 15.9 Å². The molecule has 0 aliphatic rings. The Hall–Kier alpha value is -0.740. The molecule has 0 spiro atoms. The Morgan fingerprint density at radius 1 is 1.11 bits per heavy atom. The maximum Gasteiger partial charge on any atom is 0.140 e. The minimum Gasteiger partial charge on any atom is -0.483 e. The number of hydrogen-bond acceptors (Lipinski definition) is 2. The SMILES string of the molecule is NCC(Oc1cc(Br)ccc1Cl)c1ccc(Cl)cc1. The molecule has 2 nitrogen and oxygen atoms in total. The van der Waals surface area contributed by atoms with Crippen LogP contribution in [0.5, 0.6) is 5.75 Å². The fourth-order valence-electron chi connectivity index (χ4n) is 1.65. The molecule has 0 aliphatic carbocycles. The second-order valence-corrected chi connectivity index (χ2v) is 5.73. The van der Waals surface area contributed by atoms with Gasteiger partial charge in [-0.3, -0.25) is 0 Å². The first-order valence-electron chi connectivity index (χ1n) is 5.67. The standard InChI is InChI=1S/C14H12BrCl2NO/c15-10-3-6-12(17)13(7-10)19-14(8-18)9-1-4-11(16)5-2-9/h1-7,14H,8,18H2. The molecule has 2 aromatic rings. The van der Waals surface area contributed by atoms with E-state index in [0.717, 1.165) is 10.0 Å². The van der Waals surface area contributed by atoms with Crippen LogP contribution in [0.25, 0.3) is 0 Å². The molecule has 0 saturated heterocycles. The van der Waals surface area contributed by atoms with E-state index in [1.54, 1.807) is 6.07 Å². The van der Waals surface area contributed by atoms with Crippen LogP contribution in [0.3, 0.4) is 0 Å². The maximum absolute atomic E-state index is 6.10. The van der Waals surface area contributed by atoms with E-state index in [9.17, 15) is 0 Å². The molecule has 2 N–H and O–H groups in total. The van der Waals surface area contributed by atoms with Gasteiger partial charge in [-0.05, 0) is 35.9 Å². The highest BCUT2D eigenvalue weighted by Crippen LogP contribution is 2.31. The average molecular weight is 361 g/mol. The largest absolute Gasteiger partial charge is 0.483 e. The molecule has 0 heterocycles. The van der Waals surface area contributed by atoms with Gasteiger partial charge in [0.25, 0.3) is 0 Å². The molecule has 0 bridgehead atoms. The summed E-state index contributed by atoms with van der Waals surface area (Å²) in [6.07, 6.45) is -0.260. The minimum atomic E-state index is -0.260. The van der Waals surface area contributed by atoms with Gasteiger partial charge >= 0.3 is 0 Å². The molecule has 5 heteroatoms. The quantitative estimate of drug-likeness (QED) is 0.846. The smallest absolute Gasteiger partial charge is 0.140 e. The van der Waals surface area contributed by atoms with Crippen molar-refractivity contribution in [1.82, 2.24) is 0 Å². The van der Waals surface area contributed by atoms with Crippen LogP contribution in [-0.4, -0.2) is 6.54 Å². The number of nitrogens with two attached hydrogens (primary N) is 1. The van der Waals surface area contributed by atoms with E-state index in [-0.39, 0.29) is 6.10 Å². The van der Waals surface area contributed by atoms with Crippen LogP contribution in [0, 0.1) is 0 Å². The Morgan fingerprint density at radius 2 is 1.79 bits per heavy atom. The fraction of sp³-hybridized carbons (Fsp3) is 0.143. The fourth-order valence-corrected chi connectivity index (χ4v) is 2.28. The number of hydrogen-bond donors (Lipinski definition) is 1. The number of benzene rings is 2. The van der Waals surface area contributed by atoms with Gasteiger partial charge in [-0.1, -0.05) is 51.3 Å². The summed E-state index contributed by atoms with van der Waals surface area (Å²) in [7, 11) is 0. The third-order valence-corrected chi connectivity index (χ3v) is 3.68. The monoisotopic (exact) mass is 359 g/mol. The van der Waals surface area contributed by atoms with Gasteiger partial charge < -0.3 is 10.5 Å². The molecular formula is C14H12BrCl2NO. The molecule has 19 heavy (non-hydrogen) atoms. The van der Waals surface area contributed by atoms with Gasteiger partial charge in [-0.15, -0.1) is 0 Å². The highest BCUT2D eigenvalue weighted by Gasteiger charge is 2.13. The van der Waals surface area contributed by atoms with Crippen molar-refractivity contribution in [1.29, 1.82) is 0 Å². The summed E-state index contributed by atoms with van der Waals surface area (Å²) in [5.41, 5.74) is 6.73. The zero-order chi connectivity index (χ0) is 13.8. The molecular weight excluding hydrogens is 349 g/mol. The molecule has 2 rings (SSSR count). The Balaban J connectivity index is 2.23. The van der Waals surface area contributed by atoms with E-state index in [0.29, 0.717) is 22.3 Å². The van der Waals surface area contributed by atoms with Crippen molar-refractivity contribution in [2.45, 2.75) is 6.10 Å². The zero-order valence-corrected chi connectivity index (χ0v) is 13.0. The predicted octanol–water partition coefficient (Wildman–Crippen LogP) is 4.83. The van der Waals surface area contributed by atoms with E-state index in [4.69, 9.17) is 33.7 Å². The number of halogens is 3. The van der Waals surface area contributed by atoms with Crippen LogP contribution < -0.4 is 10.5 Å². The molecule has 0 aromatic heterocycles. The average Bonchev–Trinajstić information content (AvgIpc) is 2.41. The number of rotatable bonds is 4. The molecule has 1 atom stereocenters. The molecule has 0 saturated carbocycles. The lowest BCUT2D eigenvalue weighted by Gasteiger charge is -2.19. The highest BCUT2D eigenvalue weighted by atomic mass is 79.9. The summed E-state index contributed by atoms with van der Waals surface area (Å²) in [5, 5.41) is 1.23. The van der Waals surface area contributed by atoms with Gasteiger partial charge in [0.15, 0.2) is 0 Å². The van der Waals surface area contributed by atoms with E-state index >= 15 is 0 Å². The van der Waals surface area contributed by atoms with Crippen molar-refractivity contribution in [3.8, 4) is 5.75 Å². The van der Waals surface area contributed by atoms with Gasteiger partial charge in [-0.2, -0.15) is 0 Å². The predicted molar refractivity (Wildman–Crippen MR) is 83.0 cm³/mol. The lowest BCUT2D eigenvalue weighted by atomic mass is 10.1. The highest BCUT2D eigenvalue weighted by molar-refractivity contribution is 9.10. The van der Waals surface area contributed by atoms with Gasteiger partial charge in [0.05, 0.1) is 5.02 Å². The summed E-state index contributed by atoms with van der Waals surface area (Å²) >= 11 is 15.4. The van der Waals surface area contributed by atoms with Crippen molar-refractivity contribution in [3.63, 3.8) is 0 Å². The lowest BCUT2D eigenvalue weighted by Crippen LogP contribution is -2.18. The Bertz CT molecular complexity index is 560. The van der Waals surface area contributed by atoms with Crippen LogP contribution in [0.1, 0.15) is 11.7 Å². The summed E-state index contributed by atoms with van der Waals surface area (Å²) in [5.74, 6) is 0.599.